The predicted molar refractivity (Wildman–Crippen MR) is 114 cm³/mol. The molecule has 1 amide bonds. The number of alkyl halides is 6. The molecule has 0 aliphatic carbocycles. The minimum Gasteiger partial charge on any atom is -0.372 e. The molecular formula is C20H14Cl2F7N3O2S. The number of benzene rings is 1. The largest absolute Gasteiger partial charge is 0.435 e. The maximum absolute atomic E-state index is 14.1. The molecule has 0 saturated heterocycles. The van der Waals surface area contributed by atoms with Crippen molar-refractivity contribution in [2.24, 2.45) is 5.16 Å². The zero-order chi connectivity index (χ0) is 25.9. The third kappa shape index (κ3) is 4.65. The van der Waals surface area contributed by atoms with E-state index in [0.717, 1.165) is 30.4 Å². The molecule has 3 heterocycles. The highest BCUT2D eigenvalue weighted by Gasteiger charge is 2.63. The summed E-state index contributed by atoms with van der Waals surface area (Å²) in [5, 5.41) is 4.27. The number of thiophene rings is 1. The van der Waals surface area contributed by atoms with Gasteiger partial charge in [-0.1, -0.05) is 28.4 Å². The molecule has 190 valence electrons. The van der Waals surface area contributed by atoms with E-state index in [9.17, 15) is 35.5 Å². The molecule has 2 aliphatic heterocycles. The van der Waals surface area contributed by atoms with E-state index < -0.39 is 57.7 Å². The van der Waals surface area contributed by atoms with Gasteiger partial charge in [0.1, 0.15) is 11.9 Å². The van der Waals surface area contributed by atoms with Gasteiger partial charge in [0.2, 0.25) is 0 Å². The molecule has 0 spiro atoms. The Morgan fingerprint density at radius 1 is 1.17 bits per heavy atom. The van der Waals surface area contributed by atoms with E-state index in [1.54, 1.807) is 0 Å². The summed E-state index contributed by atoms with van der Waals surface area (Å²) < 4.78 is 94.3. The van der Waals surface area contributed by atoms with Gasteiger partial charge in [-0.2, -0.15) is 26.3 Å². The van der Waals surface area contributed by atoms with Crippen LogP contribution in [-0.2, 0) is 23.5 Å². The summed E-state index contributed by atoms with van der Waals surface area (Å²) in [5.41, 5.74) is -2.90. The molecule has 2 aromatic rings. The van der Waals surface area contributed by atoms with Gasteiger partial charge >= 0.3 is 12.4 Å². The van der Waals surface area contributed by atoms with Gasteiger partial charge in [0.05, 0.1) is 27.9 Å². The summed E-state index contributed by atoms with van der Waals surface area (Å²) in [6.07, 6.45) is -10.3. The molecule has 0 radical (unpaired) electrons. The van der Waals surface area contributed by atoms with Crippen molar-refractivity contribution >= 4 is 46.3 Å². The number of carbonyl (C=O) groups is 1. The second-order valence-corrected chi connectivity index (χ2v) is 9.96. The van der Waals surface area contributed by atoms with Crippen LogP contribution in [0.4, 0.5) is 30.7 Å². The maximum atomic E-state index is 14.1. The second kappa shape index (κ2) is 8.70. The fourth-order valence-corrected chi connectivity index (χ4v) is 5.24. The van der Waals surface area contributed by atoms with E-state index >= 15 is 0 Å². The average molecular weight is 564 g/mol. The first kappa shape index (κ1) is 25.8. The highest BCUT2D eigenvalue weighted by atomic mass is 35.5. The molecular weight excluding hydrogens is 550 g/mol. The van der Waals surface area contributed by atoms with E-state index in [-0.39, 0.29) is 23.8 Å². The second-order valence-electron chi connectivity index (χ2n) is 8.01. The standard InChI is InChI=1S/C20H14Cl2F7N3O2S/c1-8(19(24,25)26)30-17(33)13-2-9-6-32(7-14(9)35-13)15-5-18(34-31-15,20(27,28)29)10-3-11(21)16(23)12(22)4-10/h2-4,8H,5-7H2,1H3,(H,30,33). The fourth-order valence-electron chi connectivity index (χ4n) is 3.66. The smallest absolute Gasteiger partial charge is 0.372 e. The van der Waals surface area contributed by atoms with Crippen molar-refractivity contribution in [2.75, 3.05) is 0 Å². The molecule has 15 heteroatoms. The minimum absolute atomic E-state index is 0.0515. The van der Waals surface area contributed by atoms with Gasteiger partial charge < -0.3 is 15.1 Å². The number of hydrogen-bond acceptors (Lipinski definition) is 5. The molecule has 0 saturated carbocycles. The fraction of sp³-hybridized carbons (Fsp3) is 0.400. The van der Waals surface area contributed by atoms with Crippen LogP contribution in [0.1, 0.15) is 39.0 Å². The average Bonchev–Trinajstić information content (AvgIpc) is 3.43. The van der Waals surface area contributed by atoms with Crippen molar-refractivity contribution in [1.82, 2.24) is 10.2 Å². The summed E-state index contributed by atoms with van der Waals surface area (Å²) in [4.78, 5) is 19.2. The molecule has 5 nitrogen and oxygen atoms in total. The molecule has 2 atom stereocenters. The Morgan fingerprint density at radius 2 is 1.80 bits per heavy atom. The molecule has 35 heavy (non-hydrogen) atoms. The number of amides is 1. The highest BCUT2D eigenvalue weighted by molar-refractivity contribution is 7.14. The summed E-state index contributed by atoms with van der Waals surface area (Å²) in [5.74, 6) is -2.02. The van der Waals surface area contributed by atoms with Crippen LogP contribution in [0, 0.1) is 5.82 Å². The third-order valence-electron chi connectivity index (χ3n) is 5.64. The monoisotopic (exact) mass is 563 g/mol. The van der Waals surface area contributed by atoms with Gasteiger partial charge in [0, 0.05) is 17.0 Å². The minimum atomic E-state index is -4.96. The van der Waals surface area contributed by atoms with E-state index in [0.29, 0.717) is 10.4 Å². The lowest BCUT2D eigenvalue weighted by molar-refractivity contribution is -0.275. The molecule has 0 fully saturated rings. The quantitative estimate of drug-likeness (QED) is 0.348. The van der Waals surface area contributed by atoms with Gasteiger partial charge in [0.25, 0.3) is 11.5 Å². The van der Waals surface area contributed by atoms with Gasteiger partial charge in [-0.05, 0) is 30.7 Å². The van der Waals surface area contributed by atoms with Crippen LogP contribution < -0.4 is 5.32 Å². The number of nitrogens with one attached hydrogen (secondary N) is 1. The first-order chi connectivity index (χ1) is 16.1. The number of nitrogens with zero attached hydrogens (tertiary/aromatic N) is 2. The number of fused-ring (bicyclic) bond motifs is 1. The van der Waals surface area contributed by atoms with Crippen LogP contribution in [0.15, 0.2) is 23.4 Å². The summed E-state index contributed by atoms with van der Waals surface area (Å²) in [6.45, 7) is 0.950. The lowest BCUT2D eigenvalue weighted by Gasteiger charge is -2.30. The molecule has 1 aromatic heterocycles. The van der Waals surface area contributed by atoms with Crippen molar-refractivity contribution in [3.05, 3.63) is 54.9 Å². The van der Waals surface area contributed by atoms with E-state index in [1.807, 2.05) is 5.32 Å². The van der Waals surface area contributed by atoms with Crippen molar-refractivity contribution in [3.63, 3.8) is 0 Å². The van der Waals surface area contributed by atoms with Crippen LogP contribution in [0.2, 0.25) is 10.0 Å². The molecule has 1 N–H and O–H groups in total. The molecule has 4 rings (SSSR count). The Morgan fingerprint density at radius 3 is 2.34 bits per heavy atom. The Kier molecular flexibility index (Phi) is 6.42. The number of rotatable bonds is 3. The van der Waals surface area contributed by atoms with Gasteiger partial charge in [-0.25, -0.2) is 4.39 Å². The number of hydrogen-bond donors (Lipinski definition) is 1. The van der Waals surface area contributed by atoms with Crippen molar-refractivity contribution in [3.8, 4) is 0 Å². The normalized spacial score (nSPS) is 21.0. The number of carbonyl (C=O) groups excluding carboxylic acids is 1. The summed E-state index contributed by atoms with van der Waals surface area (Å²) in [7, 11) is 0. The molecule has 0 bridgehead atoms. The van der Waals surface area contributed by atoms with Crippen LogP contribution >= 0.6 is 34.5 Å². The zero-order valence-corrected chi connectivity index (χ0v) is 19.8. The Balaban J connectivity index is 1.51. The number of oxime groups is 1. The lowest BCUT2D eigenvalue weighted by atomic mass is 9.89. The van der Waals surface area contributed by atoms with Crippen molar-refractivity contribution < 1.29 is 40.4 Å². The zero-order valence-electron chi connectivity index (χ0n) is 17.5. The predicted octanol–water partition coefficient (Wildman–Crippen LogP) is 6.38. The van der Waals surface area contributed by atoms with Crippen molar-refractivity contribution in [2.45, 2.75) is 50.4 Å². The number of amidine groups is 1. The highest BCUT2D eigenvalue weighted by Crippen LogP contribution is 2.50. The lowest BCUT2D eigenvalue weighted by Crippen LogP contribution is -2.44. The molecule has 2 aliphatic rings. The first-order valence-corrected chi connectivity index (χ1v) is 11.4. The van der Waals surface area contributed by atoms with Crippen LogP contribution in [-0.4, -0.2) is 35.0 Å². The SMILES string of the molecule is CC(NC(=O)c1cc2c(s1)CN(C1=NOC(c3cc(Cl)c(F)c(Cl)c3)(C(F)(F)F)C1)C2)C(F)(F)F. The van der Waals surface area contributed by atoms with Crippen LogP contribution in [0.5, 0.6) is 0 Å². The maximum Gasteiger partial charge on any atom is 0.435 e. The molecule has 2 unspecified atom stereocenters. The number of halogens is 9. The van der Waals surface area contributed by atoms with Crippen LogP contribution in [0.3, 0.4) is 0 Å². The Bertz CT molecular complexity index is 1170. The topological polar surface area (TPSA) is 53.9 Å². The first-order valence-electron chi connectivity index (χ1n) is 9.83. The van der Waals surface area contributed by atoms with Gasteiger partial charge in [0.15, 0.2) is 5.82 Å². The summed E-state index contributed by atoms with van der Waals surface area (Å²) in [6, 6.07) is 0.910. The van der Waals surface area contributed by atoms with E-state index in [2.05, 4.69) is 5.16 Å². The Hall–Kier alpha value is -2.25. The third-order valence-corrected chi connectivity index (χ3v) is 7.35. The summed E-state index contributed by atoms with van der Waals surface area (Å²) >= 11 is 12.3. The van der Waals surface area contributed by atoms with Gasteiger partial charge in [-0.3, -0.25) is 4.79 Å². The molecule has 1 aromatic carbocycles. The van der Waals surface area contributed by atoms with Gasteiger partial charge in [-0.15, -0.1) is 11.3 Å². The van der Waals surface area contributed by atoms with E-state index in [4.69, 9.17) is 28.0 Å². The van der Waals surface area contributed by atoms with E-state index in [1.165, 1.54) is 11.0 Å². The van der Waals surface area contributed by atoms with Crippen LogP contribution in [0.25, 0.3) is 0 Å². The Labute approximate surface area is 207 Å². The van der Waals surface area contributed by atoms with Crippen molar-refractivity contribution in [1.29, 1.82) is 0 Å².